The summed E-state index contributed by atoms with van der Waals surface area (Å²) in [6.07, 6.45) is 2.19. The lowest BCUT2D eigenvalue weighted by Gasteiger charge is -2.18. The quantitative estimate of drug-likeness (QED) is 0.775. The fraction of sp³-hybridized carbons (Fsp3) is 0.429. The van der Waals surface area contributed by atoms with E-state index in [4.69, 9.17) is 0 Å². The normalized spacial score (nSPS) is 12.8. The second-order valence-electron chi connectivity index (χ2n) is 4.17. The van der Waals surface area contributed by atoms with Gasteiger partial charge in [0.1, 0.15) is 0 Å². The van der Waals surface area contributed by atoms with Crippen LogP contribution in [0.4, 0.5) is 0 Å². The van der Waals surface area contributed by atoms with Gasteiger partial charge in [0.15, 0.2) is 0 Å². The first-order chi connectivity index (χ1) is 8.76. The van der Waals surface area contributed by atoms with Crippen LogP contribution in [0.1, 0.15) is 35.2 Å². The van der Waals surface area contributed by atoms with E-state index in [9.17, 15) is 0 Å². The average Bonchev–Trinajstić information content (AvgIpc) is 2.98. The third-order valence-corrected chi connectivity index (χ3v) is 6.03. The number of aryl methyl sites for hydroxylation is 1. The Balaban J connectivity index is 2.21. The molecule has 2 aromatic heterocycles. The summed E-state index contributed by atoms with van der Waals surface area (Å²) in [4.78, 5) is 2.93. The van der Waals surface area contributed by atoms with Gasteiger partial charge < -0.3 is 5.32 Å². The summed E-state index contributed by atoms with van der Waals surface area (Å²) >= 11 is 7.34. The number of nitrogens with one attached hydrogen (secondary N) is 1. The molecule has 0 aliphatic rings. The van der Waals surface area contributed by atoms with Crippen molar-refractivity contribution in [1.29, 1.82) is 0 Å². The Morgan fingerprint density at radius 3 is 2.61 bits per heavy atom. The van der Waals surface area contributed by atoms with Crippen LogP contribution in [-0.4, -0.2) is 6.54 Å². The topological polar surface area (TPSA) is 12.0 Å². The molecule has 0 aliphatic heterocycles. The second kappa shape index (κ2) is 6.85. The van der Waals surface area contributed by atoms with Crippen LogP contribution in [0.5, 0.6) is 0 Å². The van der Waals surface area contributed by atoms with Crippen LogP contribution in [0.15, 0.2) is 27.4 Å². The molecule has 1 N–H and O–H groups in total. The van der Waals surface area contributed by atoms with Crippen molar-refractivity contribution in [2.75, 3.05) is 6.54 Å². The minimum absolute atomic E-state index is 0.444. The van der Waals surface area contributed by atoms with Crippen molar-refractivity contribution >= 4 is 38.6 Å². The van der Waals surface area contributed by atoms with Crippen LogP contribution in [0.25, 0.3) is 0 Å². The zero-order chi connectivity index (χ0) is 13.0. The van der Waals surface area contributed by atoms with Crippen LogP contribution in [0.3, 0.4) is 0 Å². The molecule has 2 aromatic rings. The predicted octanol–water partition coefficient (Wildman–Crippen LogP) is 5.03. The Morgan fingerprint density at radius 2 is 2.00 bits per heavy atom. The third-order valence-electron chi connectivity index (χ3n) is 3.01. The van der Waals surface area contributed by atoms with Crippen molar-refractivity contribution < 1.29 is 0 Å². The lowest BCUT2D eigenvalue weighted by molar-refractivity contribution is 0.557. The van der Waals surface area contributed by atoms with E-state index in [0.29, 0.717) is 6.04 Å². The Bertz CT molecular complexity index is 489. The number of rotatable bonds is 6. The summed E-state index contributed by atoms with van der Waals surface area (Å²) in [6, 6.07) is 4.84. The van der Waals surface area contributed by atoms with E-state index in [2.05, 4.69) is 58.0 Å². The maximum Gasteiger partial charge on any atom is 0.0466 e. The van der Waals surface area contributed by atoms with Crippen LogP contribution in [-0.2, 0) is 12.8 Å². The molecule has 0 amide bonds. The first-order valence-electron chi connectivity index (χ1n) is 6.27. The van der Waals surface area contributed by atoms with Crippen molar-refractivity contribution in [3.63, 3.8) is 0 Å². The van der Waals surface area contributed by atoms with Crippen LogP contribution in [0.2, 0.25) is 0 Å². The van der Waals surface area contributed by atoms with Crippen molar-refractivity contribution in [3.8, 4) is 0 Å². The van der Waals surface area contributed by atoms with Gasteiger partial charge in [-0.25, -0.2) is 0 Å². The number of hydrogen-bond acceptors (Lipinski definition) is 3. The molecule has 1 nitrogen and oxygen atoms in total. The highest BCUT2D eigenvalue weighted by atomic mass is 79.9. The number of hydrogen-bond donors (Lipinski definition) is 1. The smallest absolute Gasteiger partial charge is 0.0466 e. The maximum atomic E-state index is 3.63. The molecule has 0 radical (unpaired) electrons. The molecule has 0 saturated heterocycles. The minimum Gasteiger partial charge on any atom is -0.309 e. The van der Waals surface area contributed by atoms with Gasteiger partial charge in [-0.15, -0.1) is 22.7 Å². The lowest BCUT2D eigenvalue weighted by atomic mass is 10.1. The van der Waals surface area contributed by atoms with E-state index in [1.807, 2.05) is 22.7 Å². The first kappa shape index (κ1) is 14.3. The van der Waals surface area contributed by atoms with Crippen LogP contribution < -0.4 is 5.32 Å². The fourth-order valence-corrected chi connectivity index (χ4v) is 4.74. The molecule has 1 unspecified atom stereocenters. The largest absolute Gasteiger partial charge is 0.309 e. The van der Waals surface area contributed by atoms with E-state index in [1.165, 1.54) is 19.8 Å². The SMILES string of the molecule is CCNC(Cc1sccc1Br)c1sccc1CC. The van der Waals surface area contributed by atoms with Gasteiger partial charge in [-0.1, -0.05) is 13.8 Å². The zero-order valence-electron chi connectivity index (χ0n) is 10.7. The molecule has 0 bridgehead atoms. The van der Waals surface area contributed by atoms with Crippen LogP contribution in [0, 0.1) is 0 Å². The summed E-state index contributed by atoms with van der Waals surface area (Å²) in [5, 5.41) is 7.98. The fourth-order valence-electron chi connectivity index (χ4n) is 2.11. The van der Waals surface area contributed by atoms with E-state index in [1.54, 1.807) is 0 Å². The minimum atomic E-state index is 0.444. The van der Waals surface area contributed by atoms with Gasteiger partial charge in [0.25, 0.3) is 0 Å². The van der Waals surface area contributed by atoms with E-state index < -0.39 is 0 Å². The van der Waals surface area contributed by atoms with Crippen molar-refractivity contribution in [3.05, 3.63) is 42.7 Å². The number of halogens is 1. The van der Waals surface area contributed by atoms with E-state index >= 15 is 0 Å². The Morgan fingerprint density at radius 1 is 1.22 bits per heavy atom. The molecule has 2 rings (SSSR count). The Labute approximate surface area is 125 Å². The highest BCUT2D eigenvalue weighted by Crippen LogP contribution is 2.32. The van der Waals surface area contributed by atoms with Gasteiger partial charge >= 0.3 is 0 Å². The van der Waals surface area contributed by atoms with Crippen molar-refractivity contribution in [1.82, 2.24) is 5.32 Å². The molecule has 98 valence electrons. The van der Waals surface area contributed by atoms with Gasteiger partial charge in [-0.05, 0) is 57.4 Å². The molecule has 4 heteroatoms. The molecular weight excluding hydrogens is 326 g/mol. The monoisotopic (exact) mass is 343 g/mol. The standard InChI is InChI=1S/C14H18BrNS2/c1-3-10-5-7-18-14(10)12(16-4-2)9-13-11(15)6-8-17-13/h5-8,12,16H,3-4,9H2,1-2H3. The molecule has 18 heavy (non-hydrogen) atoms. The maximum absolute atomic E-state index is 3.63. The van der Waals surface area contributed by atoms with Gasteiger partial charge in [0, 0.05) is 26.7 Å². The molecule has 0 spiro atoms. The summed E-state index contributed by atoms with van der Waals surface area (Å²) < 4.78 is 1.24. The third kappa shape index (κ3) is 3.23. The number of thiophene rings is 2. The van der Waals surface area contributed by atoms with Gasteiger partial charge in [0.2, 0.25) is 0 Å². The summed E-state index contributed by atoms with van der Waals surface area (Å²) in [6.45, 7) is 5.42. The lowest BCUT2D eigenvalue weighted by Crippen LogP contribution is -2.22. The van der Waals surface area contributed by atoms with Crippen LogP contribution >= 0.6 is 38.6 Å². The molecule has 0 aromatic carbocycles. The Hall–Kier alpha value is -0.160. The molecule has 0 aliphatic carbocycles. The molecule has 2 heterocycles. The number of likely N-dealkylation sites (N-methyl/N-ethyl adjacent to an activating group) is 1. The van der Waals surface area contributed by atoms with Crippen molar-refractivity contribution in [2.24, 2.45) is 0 Å². The summed E-state index contributed by atoms with van der Waals surface area (Å²) in [7, 11) is 0. The summed E-state index contributed by atoms with van der Waals surface area (Å²) in [5.74, 6) is 0. The van der Waals surface area contributed by atoms with Gasteiger partial charge in [-0.2, -0.15) is 0 Å². The zero-order valence-corrected chi connectivity index (χ0v) is 13.9. The molecule has 1 atom stereocenters. The highest BCUT2D eigenvalue weighted by Gasteiger charge is 2.17. The van der Waals surface area contributed by atoms with Gasteiger partial charge in [0.05, 0.1) is 0 Å². The molecular formula is C14H18BrNS2. The van der Waals surface area contributed by atoms with E-state index in [-0.39, 0.29) is 0 Å². The Kier molecular flexibility index (Phi) is 5.42. The average molecular weight is 344 g/mol. The molecule has 0 fully saturated rings. The van der Waals surface area contributed by atoms with Crippen molar-refractivity contribution in [2.45, 2.75) is 32.7 Å². The van der Waals surface area contributed by atoms with E-state index in [0.717, 1.165) is 19.4 Å². The first-order valence-corrected chi connectivity index (χ1v) is 8.83. The van der Waals surface area contributed by atoms with Gasteiger partial charge in [-0.3, -0.25) is 0 Å². The molecule has 0 saturated carbocycles. The predicted molar refractivity (Wildman–Crippen MR) is 85.8 cm³/mol. The summed E-state index contributed by atoms with van der Waals surface area (Å²) in [5.41, 5.74) is 1.48. The second-order valence-corrected chi connectivity index (χ2v) is 6.97. The highest BCUT2D eigenvalue weighted by molar-refractivity contribution is 9.10.